The van der Waals surface area contributed by atoms with E-state index in [1.165, 1.54) is 26.4 Å². The first-order valence-electron chi connectivity index (χ1n) is 8.46. The molecule has 0 aromatic heterocycles. The number of piperidine rings is 1. The highest BCUT2D eigenvalue weighted by molar-refractivity contribution is 5.79. The predicted molar refractivity (Wildman–Crippen MR) is 82.4 cm³/mol. The quantitative estimate of drug-likeness (QED) is 0.743. The van der Waals surface area contributed by atoms with Gasteiger partial charge in [0, 0.05) is 45.9 Å². The number of ether oxygens (including phenoxy) is 1. The Morgan fingerprint density at radius 2 is 1.77 bits per heavy atom. The molecule has 0 unspecified atom stereocenters. The summed E-state index contributed by atoms with van der Waals surface area (Å²) in [5, 5.41) is 0. The summed E-state index contributed by atoms with van der Waals surface area (Å²) in [6.45, 7) is 4.55. The van der Waals surface area contributed by atoms with Gasteiger partial charge in [-0.1, -0.05) is 0 Å². The Morgan fingerprint density at radius 3 is 2.36 bits per heavy atom. The van der Waals surface area contributed by atoms with Crippen LogP contribution in [0.25, 0.3) is 0 Å². The lowest BCUT2D eigenvalue weighted by atomic mass is 10.1. The average molecular weight is 309 g/mol. The van der Waals surface area contributed by atoms with Crippen LogP contribution in [0.3, 0.4) is 0 Å². The van der Waals surface area contributed by atoms with Crippen LogP contribution in [0.5, 0.6) is 0 Å². The van der Waals surface area contributed by atoms with Gasteiger partial charge in [-0.25, -0.2) is 0 Å². The number of likely N-dealkylation sites (tertiary alicyclic amines) is 1. The lowest BCUT2D eigenvalue weighted by Gasteiger charge is -2.29. The number of carbonyl (C=O) groups is 2. The highest BCUT2D eigenvalue weighted by Gasteiger charge is 2.38. The molecule has 0 spiro atoms. The van der Waals surface area contributed by atoms with Gasteiger partial charge in [-0.05, 0) is 31.6 Å². The van der Waals surface area contributed by atoms with Crippen molar-refractivity contribution in [1.82, 2.24) is 14.7 Å². The Labute approximate surface area is 132 Å². The van der Waals surface area contributed by atoms with Crippen LogP contribution in [0, 0.1) is 5.92 Å². The van der Waals surface area contributed by atoms with Crippen molar-refractivity contribution in [3.8, 4) is 0 Å². The van der Waals surface area contributed by atoms with E-state index >= 15 is 0 Å². The van der Waals surface area contributed by atoms with E-state index in [1.807, 2.05) is 9.80 Å². The zero-order valence-corrected chi connectivity index (χ0v) is 13.5. The Bertz CT molecular complexity index is 429. The summed E-state index contributed by atoms with van der Waals surface area (Å²) < 4.78 is 4.91. The van der Waals surface area contributed by atoms with E-state index in [0.29, 0.717) is 25.7 Å². The molecule has 3 rings (SSSR count). The van der Waals surface area contributed by atoms with Crippen molar-refractivity contribution in [1.29, 1.82) is 0 Å². The summed E-state index contributed by atoms with van der Waals surface area (Å²) in [4.78, 5) is 30.5. The summed E-state index contributed by atoms with van der Waals surface area (Å²) in [5.74, 6) is 1.08. The Balaban J connectivity index is 1.48. The Kier molecular flexibility index (Phi) is 4.98. The maximum atomic E-state index is 12.5. The fraction of sp³-hybridized carbons (Fsp3) is 0.875. The van der Waals surface area contributed by atoms with Gasteiger partial charge in [0.1, 0.15) is 6.61 Å². The SMILES string of the molecule is COCC(=O)N1CCCN(C(=O)CN2C[C@H]3CC[C@@H]2C3)CC1. The van der Waals surface area contributed by atoms with Crippen molar-refractivity contribution in [2.45, 2.75) is 31.7 Å². The molecule has 124 valence electrons. The Hall–Kier alpha value is -1.14. The van der Waals surface area contributed by atoms with Crippen LogP contribution >= 0.6 is 0 Å². The number of methoxy groups -OCH3 is 1. The second-order valence-corrected chi connectivity index (χ2v) is 6.81. The molecule has 2 aliphatic heterocycles. The molecule has 2 bridgehead atoms. The highest BCUT2D eigenvalue weighted by atomic mass is 16.5. The molecule has 3 fully saturated rings. The molecule has 2 amide bonds. The van der Waals surface area contributed by atoms with Crippen LogP contribution in [0.15, 0.2) is 0 Å². The lowest BCUT2D eigenvalue weighted by Crippen LogP contribution is -2.44. The van der Waals surface area contributed by atoms with Crippen molar-refractivity contribution in [3.05, 3.63) is 0 Å². The number of amides is 2. The van der Waals surface area contributed by atoms with Crippen molar-refractivity contribution >= 4 is 11.8 Å². The van der Waals surface area contributed by atoms with Gasteiger partial charge in [0.15, 0.2) is 0 Å². The van der Waals surface area contributed by atoms with Gasteiger partial charge < -0.3 is 14.5 Å². The van der Waals surface area contributed by atoms with Crippen molar-refractivity contribution in [3.63, 3.8) is 0 Å². The largest absolute Gasteiger partial charge is 0.375 e. The third kappa shape index (κ3) is 3.43. The molecule has 2 atom stereocenters. The fourth-order valence-corrected chi connectivity index (χ4v) is 4.13. The summed E-state index contributed by atoms with van der Waals surface area (Å²) in [7, 11) is 1.54. The van der Waals surface area contributed by atoms with Gasteiger partial charge in [-0.3, -0.25) is 14.5 Å². The number of carbonyl (C=O) groups excluding carboxylic acids is 2. The first kappa shape index (κ1) is 15.7. The third-order valence-electron chi connectivity index (χ3n) is 5.33. The van der Waals surface area contributed by atoms with Gasteiger partial charge in [0.05, 0.1) is 6.54 Å². The zero-order valence-electron chi connectivity index (χ0n) is 13.5. The summed E-state index contributed by atoms with van der Waals surface area (Å²) in [5.41, 5.74) is 0. The first-order valence-corrected chi connectivity index (χ1v) is 8.46. The minimum absolute atomic E-state index is 0.0219. The van der Waals surface area contributed by atoms with E-state index in [0.717, 1.165) is 32.0 Å². The summed E-state index contributed by atoms with van der Waals surface area (Å²) in [6, 6.07) is 0.640. The molecule has 2 heterocycles. The molecule has 0 N–H and O–H groups in total. The standard InChI is InChI=1S/C16H27N3O3/c1-22-12-16(21)18-6-2-5-17(7-8-18)15(20)11-19-10-13-3-4-14(19)9-13/h13-14H,2-12H2,1H3/t13-,14+/m0/s1. The van der Waals surface area contributed by atoms with Gasteiger partial charge in [-0.2, -0.15) is 0 Å². The predicted octanol–water partition coefficient (Wildman–Crippen LogP) is 0.178. The van der Waals surface area contributed by atoms with E-state index in [-0.39, 0.29) is 18.4 Å². The number of rotatable bonds is 4. The van der Waals surface area contributed by atoms with E-state index in [9.17, 15) is 9.59 Å². The van der Waals surface area contributed by atoms with Gasteiger partial charge >= 0.3 is 0 Å². The minimum atomic E-state index is 0.0219. The molecule has 1 saturated carbocycles. The third-order valence-corrected chi connectivity index (χ3v) is 5.33. The maximum absolute atomic E-state index is 12.5. The topological polar surface area (TPSA) is 53.1 Å². The Morgan fingerprint density at radius 1 is 1.05 bits per heavy atom. The molecular formula is C16H27N3O3. The molecule has 2 saturated heterocycles. The molecule has 0 aromatic rings. The molecule has 1 aliphatic carbocycles. The first-order chi connectivity index (χ1) is 10.7. The molecule has 6 nitrogen and oxygen atoms in total. The normalized spacial score (nSPS) is 29.0. The van der Waals surface area contributed by atoms with Crippen LogP contribution in [0.4, 0.5) is 0 Å². The maximum Gasteiger partial charge on any atom is 0.248 e. The van der Waals surface area contributed by atoms with E-state index in [1.54, 1.807) is 0 Å². The van der Waals surface area contributed by atoms with Gasteiger partial charge in [0.25, 0.3) is 0 Å². The highest BCUT2D eigenvalue weighted by Crippen LogP contribution is 2.37. The number of hydrogen-bond donors (Lipinski definition) is 0. The smallest absolute Gasteiger partial charge is 0.248 e. The van der Waals surface area contributed by atoms with E-state index in [2.05, 4.69) is 4.90 Å². The lowest BCUT2D eigenvalue weighted by molar-refractivity contribution is -0.136. The second-order valence-electron chi connectivity index (χ2n) is 6.81. The summed E-state index contributed by atoms with van der Waals surface area (Å²) >= 11 is 0. The van der Waals surface area contributed by atoms with E-state index < -0.39 is 0 Å². The van der Waals surface area contributed by atoms with Crippen LogP contribution < -0.4 is 0 Å². The van der Waals surface area contributed by atoms with Crippen molar-refractivity contribution in [2.24, 2.45) is 5.92 Å². The number of nitrogens with zero attached hydrogens (tertiary/aromatic N) is 3. The molecule has 3 aliphatic rings. The molecule has 22 heavy (non-hydrogen) atoms. The van der Waals surface area contributed by atoms with Crippen LogP contribution in [-0.2, 0) is 14.3 Å². The zero-order chi connectivity index (χ0) is 15.5. The summed E-state index contributed by atoms with van der Waals surface area (Å²) in [6.07, 6.45) is 4.74. The number of fused-ring (bicyclic) bond motifs is 2. The van der Waals surface area contributed by atoms with Crippen LogP contribution in [0.2, 0.25) is 0 Å². The minimum Gasteiger partial charge on any atom is -0.375 e. The molecular weight excluding hydrogens is 282 g/mol. The van der Waals surface area contributed by atoms with Crippen molar-refractivity contribution < 1.29 is 14.3 Å². The average Bonchev–Trinajstić information content (AvgIpc) is 3.02. The second kappa shape index (κ2) is 6.96. The van der Waals surface area contributed by atoms with Crippen LogP contribution in [0.1, 0.15) is 25.7 Å². The fourth-order valence-electron chi connectivity index (χ4n) is 4.13. The molecule has 0 radical (unpaired) electrons. The van der Waals surface area contributed by atoms with Crippen LogP contribution in [-0.4, -0.2) is 85.5 Å². The molecule has 0 aromatic carbocycles. The van der Waals surface area contributed by atoms with E-state index in [4.69, 9.17) is 4.74 Å². The molecule has 6 heteroatoms. The number of hydrogen-bond acceptors (Lipinski definition) is 4. The monoisotopic (exact) mass is 309 g/mol. The van der Waals surface area contributed by atoms with Gasteiger partial charge in [-0.15, -0.1) is 0 Å². The van der Waals surface area contributed by atoms with Crippen molar-refractivity contribution in [2.75, 3.05) is 53.0 Å². The van der Waals surface area contributed by atoms with Gasteiger partial charge in [0.2, 0.25) is 11.8 Å².